The minimum absolute atomic E-state index is 0.0918. The van der Waals surface area contributed by atoms with E-state index in [1.54, 1.807) is 0 Å². The van der Waals surface area contributed by atoms with Crippen LogP contribution in [0.3, 0.4) is 0 Å². The lowest BCUT2D eigenvalue weighted by Crippen LogP contribution is -2.40. The van der Waals surface area contributed by atoms with Gasteiger partial charge in [0.25, 0.3) is 15.6 Å². The van der Waals surface area contributed by atoms with Crippen LogP contribution in [-0.4, -0.2) is 27.5 Å². The molecule has 0 spiro atoms. The Hall–Kier alpha value is -2.20. The normalized spacial score (nSPS) is 11.4. The Morgan fingerprint density at radius 3 is 2.57 bits per heavy atom. The third-order valence-corrected chi connectivity index (χ3v) is 4.09. The number of sulfonamides is 1. The number of rotatable bonds is 3. The largest absolute Gasteiger partial charge is 0.330 e. The molecule has 0 aliphatic heterocycles. The van der Waals surface area contributed by atoms with Crippen molar-refractivity contribution in [2.45, 2.75) is 4.90 Å². The number of aryl methyl sites for hydroxylation is 1. The van der Waals surface area contributed by atoms with Crippen LogP contribution in [0.5, 0.6) is 0 Å². The van der Waals surface area contributed by atoms with Crippen molar-refractivity contribution in [3.05, 3.63) is 44.6 Å². The first-order chi connectivity index (χ1) is 9.72. The van der Waals surface area contributed by atoms with Crippen molar-refractivity contribution >= 4 is 27.4 Å². The summed E-state index contributed by atoms with van der Waals surface area (Å²) in [5.74, 6) is -0.0918. The number of nitrogens with zero attached hydrogens (tertiary/aromatic N) is 4. The fraction of sp³-hybridized carbons (Fsp3) is 0.200. The number of aromatic nitrogens is 4. The van der Waals surface area contributed by atoms with Crippen LogP contribution < -0.4 is 16.0 Å². The van der Waals surface area contributed by atoms with Gasteiger partial charge in [-0.15, -0.1) is 0 Å². The summed E-state index contributed by atoms with van der Waals surface area (Å²) < 4.78 is 28.2. The molecular weight excluding hydrogens is 322 g/mol. The molecule has 21 heavy (non-hydrogen) atoms. The molecule has 1 N–H and O–H groups in total. The molecule has 0 aliphatic carbocycles. The van der Waals surface area contributed by atoms with Crippen LogP contribution in [0.4, 0.5) is 5.82 Å². The van der Waals surface area contributed by atoms with Crippen LogP contribution >= 0.6 is 11.6 Å². The molecule has 112 valence electrons. The molecule has 0 saturated carbocycles. The van der Waals surface area contributed by atoms with Gasteiger partial charge in [0.2, 0.25) is 5.28 Å². The lowest BCUT2D eigenvalue weighted by molar-refractivity contribution is 0.589. The van der Waals surface area contributed by atoms with Gasteiger partial charge in [0, 0.05) is 26.5 Å². The predicted octanol–water partition coefficient (Wildman–Crippen LogP) is -0.672. The second-order valence-corrected chi connectivity index (χ2v) is 6.06. The summed E-state index contributed by atoms with van der Waals surface area (Å²) in [6.45, 7) is 0. The van der Waals surface area contributed by atoms with Gasteiger partial charge in [-0.3, -0.25) is 14.1 Å². The average Bonchev–Trinajstić information content (AvgIpc) is 2.40. The van der Waals surface area contributed by atoms with E-state index in [0.717, 1.165) is 10.8 Å². The monoisotopic (exact) mass is 331 g/mol. The Morgan fingerprint density at radius 2 is 1.95 bits per heavy atom. The van der Waals surface area contributed by atoms with Crippen molar-refractivity contribution in [2.75, 3.05) is 4.72 Å². The molecule has 11 heteroatoms. The Bertz CT molecular complexity index is 918. The summed E-state index contributed by atoms with van der Waals surface area (Å²) in [6.07, 6.45) is 2.20. The van der Waals surface area contributed by atoms with E-state index in [4.69, 9.17) is 11.6 Å². The minimum Gasteiger partial charge on any atom is -0.302 e. The Balaban J connectivity index is 2.56. The number of halogens is 1. The highest BCUT2D eigenvalue weighted by molar-refractivity contribution is 7.92. The third kappa shape index (κ3) is 2.95. The molecule has 0 radical (unpaired) electrons. The first-order valence-corrected chi connectivity index (χ1v) is 7.36. The maximum atomic E-state index is 12.2. The van der Waals surface area contributed by atoms with Crippen LogP contribution in [-0.2, 0) is 24.1 Å². The molecule has 9 nitrogen and oxygen atoms in total. The van der Waals surface area contributed by atoms with Gasteiger partial charge < -0.3 is 4.57 Å². The van der Waals surface area contributed by atoms with Gasteiger partial charge >= 0.3 is 5.69 Å². The summed E-state index contributed by atoms with van der Waals surface area (Å²) >= 11 is 5.55. The van der Waals surface area contributed by atoms with E-state index in [9.17, 15) is 18.0 Å². The van der Waals surface area contributed by atoms with Crippen molar-refractivity contribution in [2.24, 2.45) is 14.1 Å². The van der Waals surface area contributed by atoms with E-state index in [1.165, 1.54) is 26.4 Å². The molecule has 2 aromatic rings. The highest BCUT2D eigenvalue weighted by Gasteiger charge is 2.22. The Kier molecular flexibility index (Phi) is 3.83. The molecule has 0 atom stereocenters. The second kappa shape index (κ2) is 5.30. The lowest BCUT2D eigenvalue weighted by atomic mass is 10.6. The quantitative estimate of drug-likeness (QED) is 0.745. The fourth-order valence-corrected chi connectivity index (χ4v) is 2.85. The van der Waals surface area contributed by atoms with Gasteiger partial charge in [0.15, 0.2) is 4.90 Å². The number of hydrogen-bond donors (Lipinski definition) is 1. The van der Waals surface area contributed by atoms with Gasteiger partial charge in [-0.05, 0) is 17.7 Å². The summed E-state index contributed by atoms with van der Waals surface area (Å²) in [4.78, 5) is 30.2. The SMILES string of the molecule is Cn1cc(S(=O)(=O)Nc2ccnc(Cl)n2)c(=O)n(C)c1=O. The third-order valence-electron chi connectivity index (χ3n) is 2.57. The zero-order chi connectivity index (χ0) is 15.8. The summed E-state index contributed by atoms with van der Waals surface area (Å²) in [5.41, 5.74) is -1.57. The molecule has 2 aromatic heterocycles. The second-order valence-electron chi connectivity index (χ2n) is 4.07. The topological polar surface area (TPSA) is 116 Å². The number of hydrogen-bond acceptors (Lipinski definition) is 6. The molecule has 0 unspecified atom stereocenters. The molecule has 0 fully saturated rings. The number of nitrogens with one attached hydrogen (secondary N) is 1. The standard InChI is InChI=1S/C10H10ClN5O4S/c1-15-5-6(8(17)16(2)10(15)18)21(19,20)14-7-3-4-12-9(11)13-7/h3-5H,1-2H3,(H,12,13,14). The molecular formula is C10H10ClN5O4S. The molecule has 0 saturated heterocycles. The summed E-state index contributed by atoms with van der Waals surface area (Å²) in [7, 11) is -1.69. The zero-order valence-corrected chi connectivity index (χ0v) is 12.5. The first kappa shape index (κ1) is 15.2. The highest BCUT2D eigenvalue weighted by atomic mass is 35.5. The van der Waals surface area contributed by atoms with E-state index in [1.807, 2.05) is 0 Å². The van der Waals surface area contributed by atoms with Gasteiger partial charge in [0.05, 0.1) is 0 Å². The maximum absolute atomic E-state index is 12.2. The molecule has 0 aromatic carbocycles. The Morgan fingerprint density at radius 1 is 1.29 bits per heavy atom. The average molecular weight is 332 g/mol. The fourth-order valence-electron chi connectivity index (χ4n) is 1.54. The molecule has 2 heterocycles. The van der Waals surface area contributed by atoms with Gasteiger partial charge in [-0.1, -0.05) is 0 Å². The Labute approximate surface area is 123 Å². The van der Waals surface area contributed by atoms with Crippen LogP contribution in [0.1, 0.15) is 0 Å². The van der Waals surface area contributed by atoms with Crippen molar-refractivity contribution in [1.82, 2.24) is 19.1 Å². The molecule has 2 rings (SSSR count). The van der Waals surface area contributed by atoms with Crippen molar-refractivity contribution in [1.29, 1.82) is 0 Å². The van der Waals surface area contributed by atoms with Crippen molar-refractivity contribution < 1.29 is 8.42 Å². The van der Waals surface area contributed by atoms with E-state index in [2.05, 4.69) is 14.7 Å². The lowest BCUT2D eigenvalue weighted by Gasteiger charge is -2.09. The smallest absolute Gasteiger partial charge is 0.302 e. The van der Waals surface area contributed by atoms with Crippen LogP contribution in [0, 0.1) is 0 Å². The maximum Gasteiger partial charge on any atom is 0.330 e. The molecule has 0 aliphatic rings. The summed E-state index contributed by atoms with van der Waals surface area (Å²) in [5, 5.41) is -0.149. The van der Waals surface area contributed by atoms with Gasteiger partial charge in [-0.25, -0.2) is 18.2 Å². The van der Waals surface area contributed by atoms with Gasteiger partial charge in [-0.2, -0.15) is 4.98 Å². The van der Waals surface area contributed by atoms with Crippen LogP contribution in [0.25, 0.3) is 0 Å². The molecule has 0 bridgehead atoms. The zero-order valence-electron chi connectivity index (χ0n) is 10.9. The molecule has 0 amide bonds. The number of anilines is 1. The predicted molar refractivity (Wildman–Crippen MR) is 74.8 cm³/mol. The summed E-state index contributed by atoms with van der Waals surface area (Å²) in [6, 6.07) is 1.27. The first-order valence-electron chi connectivity index (χ1n) is 5.50. The minimum atomic E-state index is -4.21. The van der Waals surface area contributed by atoms with Crippen molar-refractivity contribution in [3.63, 3.8) is 0 Å². The van der Waals surface area contributed by atoms with Crippen LogP contribution in [0.15, 0.2) is 32.9 Å². The van der Waals surface area contributed by atoms with E-state index >= 15 is 0 Å². The van der Waals surface area contributed by atoms with E-state index in [-0.39, 0.29) is 11.1 Å². The van der Waals surface area contributed by atoms with E-state index in [0.29, 0.717) is 4.57 Å². The van der Waals surface area contributed by atoms with Gasteiger partial charge in [0.1, 0.15) is 5.82 Å². The van der Waals surface area contributed by atoms with Crippen LogP contribution in [0.2, 0.25) is 5.28 Å². The van der Waals surface area contributed by atoms with E-state index < -0.39 is 26.2 Å². The van der Waals surface area contributed by atoms with Crippen molar-refractivity contribution in [3.8, 4) is 0 Å². The highest BCUT2D eigenvalue weighted by Crippen LogP contribution is 2.11.